The van der Waals surface area contributed by atoms with E-state index < -0.39 is 47.0 Å². The van der Waals surface area contributed by atoms with E-state index in [0.29, 0.717) is 22.3 Å². The van der Waals surface area contributed by atoms with E-state index in [1.54, 1.807) is 48.5 Å². The quantitative estimate of drug-likeness (QED) is 0.166. The van der Waals surface area contributed by atoms with E-state index >= 15 is 0 Å². The van der Waals surface area contributed by atoms with Crippen molar-refractivity contribution in [1.29, 1.82) is 0 Å². The molecule has 44 heavy (non-hydrogen) atoms. The number of halogens is 2. The number of hydrogen-bond donors (Lipinski definition) is 4. The van der Waals surface area contributed by atoms with Crippen LogP contribution in [0.1, 0.15) is 63.7 Å². The number of carbonyl (C=O) groups is 4. The van der Waals surface area contributed by atoms with Gasteiger partial charge in [-0.3, -0.25) is 0 Å². The predicted molar refractivity (Wildman–Crippen MR) is 155 cm³/mol. The third kappa shape index (κ3) is 13.4. The van der Waals surface area contributed by atoms with Crippen molar-refractivity contribution in [2.24, 2.45) is 0 Å². The zero-order chi connectivity index (χ0) is 30.5. The van der Waals surface area contributed by atoms with E-state index in [9.17, 15) is 19.2 Å². The van der Waals surface area contributed by atoms with Crippen LogP contribution in [0, 0.1) is 27.7 Å². The number of rotatable bonds is 8. The van der Waals surface area contributed by atoms with E-state index in [0.717, 1.165) is 22.3 Å². The van der Waals surface area contributed by atoms with Crippen LogP contribution in [0.4, 0.5) is 0 Å². The molecule has 4 aromatic carbocycles. The molecule has 0 aliphatic carbocycles. The molecule has 8 nitrogen and oxygen atoms in total. The standard InChI is InChI=1S/4C8H9NO.2ClH.2Hf/c4*1-6-2-4-7(5-3-6)8(9)10;;;;/h4*2-5H,1H3,(H2,9,10);2*1H;;/q;;;;;;2*+3/p-6. The fourth-order valence-electron chi connectivity index (χ4n) is 3.40. The zero-order valence-electron chi connectivity index (χ0n) is 24.6. The summed E-state index contributed by atoms with van der Waals surface area (Å²) < 4.78 is 11.4. The van der Waals surface area contributed by atoms with Gasteiger partial charge in [-0.25, -0.2) is 0 Å². The predicted octanol–water partition coefficient (Wildman–Crippen LogP) is -1.24. The number of nitrogens with one attached hydrogen (secondary N) is 4. The third-order valence-corrected chi connectivity index (χ3v) is 11.0. The Hall–Kier alpha value is -2.92. The molecule has 0 aromatic heterocycles. The van der Waals surface area contributed by atoms with Gasteiger partial charge in [0.25, 0.3) is 0 Å². The molecule has 4 N–H and O–H groups in total. The fourth-order valence-corrected chi connectivity index (χ4v) is 7.55. The SMILES string of the molecule is Cc1ccc(C(=O)[NH][Hf+][NH]C(=O)c2ccc(C)cc2)cc1.Cc1ccc(C(=O)[NH][Hf+][NH]C(=O)c2ccc(C)cc2)cc1.[Cl-].[Cl-]. The van der Waals surface area contributed by atoms with Crippen molar-refractivity contribution >= 4 is 23.6 Å². The molecule has 0 atom stereocenters. The summed E-state index contributed by atoms with van der Waals surface area (Å²) >= 11 is -3.41. The molecule has 226 valence electrons. The first-order chi connectivity index (χ1) is 20.1. The zero-order valence-corrected chi connectivity index (χ0v) is 33.3. The molecule has 0 aliphatic heterocycles. The van der Waals surface area contributed by atoms with Crippen LogP contribution in [0.5, 0.6) is 0 Å². The summed E-state index contributed by atoms with van der Waals surface area (Å²) in [5.74, 6) is -0.491. The summed E-state index contributed by atoms with van der Waals surface area (Å²) in [6, 6.07) is 29.5. The molecule has 0 saturated heterocycles. The fraction of sp³-hybridized carbons (Fsp3) is 0.125. The van der Waals surface area contributed by atoms with Crippen LogP contribution < -0.4 is 38.0 Å². The molecule has 0 fully saturated rings. The van der Waals surface area contributed by atoms with Gasteiger partial charge in [0.05, 0.1) is 0 Å². The number of benzene rings is 4. The smallest absolute Gasteiger partial charge is 1.00 e. The molecule has 4 aromatic rings. The Balaban J connectivity index is 0.000000421. The molecule has 4 amide bonds. The second kappa shape index (κ2) is 20.2. The Morgan fingerprint density at radius 1 is 0.364 bits per heavy atom. The van der Waals surface area contributed by atoms with Gasteiger partial charge in [-0.05, 0) is 0 Å². The first-order valence-electron chi connectivity index (χ1n) is 13.1. The Morgan fingerprint density at radius 2 is 0.523 bits per heavy atom. The number of aryl methyl sites for hydroxylation is 4. The summed E-state index contributed by atoms with van der Waals surface area (Å²) in [7, 11) is 0. The second-order valence-electron chi connectivity index (χ2n) is 9.53. The first kappa shape index (κ1) is 39.1. The number of carbonyl (C=O) groups excluding carboxylic acids is 4. The monoisotopic (exact) mass is 966 g/mol. The Kier molecular flexibility index (Phi) is 17.9. The van der Waals surface area contributed by atoms with Crippen LogP contribution in [0.25, 0.3) is 0 Å². The van der Waals surface area contributed by atoms with Crippen molar-refractivity contribution in [3.8, 4) is 0 Å². The van der Waals surface area contributed by atoms with Gasteiger partial charge < -0.3 is 24.8 Å². The van der Waals surface area contributed by atoms with E-state index in [-0.39, 0.29) is 48.4 Å². The maximum Gasteiger partial charge on any atom is -1.00 e. The molecule has 0 spiro atoms. The van der Waals surface area contributed by atoms with Gasteiger partial charge in [-0.1, -0.05) is 0 Å². The number of hydrogen-bond acceptors (Lipinski definition) is 4. The largest absolute Gasteiger partial charge is 1.00 e. The average Bonchev–Trinajstić information content (AvgIpc) is 2.98. The minimum Gasteiger partial charge on any atom is -1.00 e. The van der Waals surface area contributed by atoms with E-state index in [2.05, 4.69) is 13.2 Å². The molecule has 0 bridgehead atoms. The van der Waals surface area contributed by atoms with Gasteiger partial charge in [-0.2, -0.15) is 0 Å². The van der Waals surface area contributed by atoms with Crippen molar-refractivity contribution in [3.05, 3.63) is 142 Å². The van der Waals surface area contributed by atoms with Crippen LogP contribution in [0.2, 0.25) is 0 Å². The molecule has 0 saturated carbocycles. The first-order valence-corrected chi connectivity index (χ1v) is 20.3. The van der Waals surface area contributed by atoms with Crippen LogP contribution in [-0.4, -0.2) is 23.6 Å². The molecular weight excluding hydrogens is 932 g/mol. The van der Waals surface area contributed by atoms with Crippen LogP contribution in [0.3, 0.4) is 0 Å². The minimum atomic E-state index is -1.70. The van der Waals surface area contributed by atoms with Crippen molar-refractivity contribution in [1.82, 2.24) is 13.2 Å². The van der Waals surface area contributed by atoms with Crippen LogP contribution in [0.15, 0.2) is 97.1 Å². The normalized spacial score (nSPS) is 9.18. The van der Waals surface area contributed by atoms with Crippen molar-refractivity contribution in [2.45, 2.75) is 27.7 Å². The summed E-state index contributed by atoms with van der Waals surface area (Å²) in [5, 5.41) is 0. The molecule has 0 radical (unpaired) electrons. The summed E-state index contributed by atoms with van der Waals surface area (Å²) in [5.41, 5.74) is 6.94. The minimum absolute atomic E-state index is 0. The molecule has 0 heterocycles. The maximum absolute atomic E-state index is 11.9. The van der Waals surface area contributed by atoms with Crippen molar-refractivity contribution in [3.63, 3.8) is 0 Å². The van der Waals surface area contributed by atoms with Gasteiger partial charge in [0, 0.05) is 0 Å². The Bertz CT molecular complexity index is 1290. The van der Waals surface area contributed by atoms with Crippen LogP contribution >= 0.6 is 0 Å². The van der Waals surface area contributed by atoms with Crippen LogP contribution in [-0.2, 0) is 47.0 Å². The van der Waals surface area contributed by atoms with Gasteiger partial charge in [-0.15, -0.1) is 0 Å². The van der Waals surface area contributed by atoms with E-state index in [4.69, 9.17) is 0 Å². The van der Waals surface area contributed by atoms with Gasteiger partial charge >= 0.3 is 272 Å². The molecule has 12 heteroatoms. The Labute approximate surface area is 294 Å². The Morgan fingerprint density at radius 3 is 0.682 bits per heavy atom. The summed E-state index contributed by atoms with van der Waals surface area (Å²) in [4.78, 5) is 47.6. The summed E-state index contributed by atoms with van der Waals surface area (Å²) in [6.45, 7) is 7.90. The maximum atomic E-state index is 11.9. The van der Waals surface area contributed by atoms with Crippen molar-refractivity contribution < 1.29 is 91.0 Å². The van der Waals surface area contributed by atoms with Crippen molar-refractivity contribution in [2.75, 3.05) is 0 Å². The van der Waals surface area contributed by atoms with Gasteiger partial charge in [0.2, 0.25) is 0 Å². The molecule has 0 unspecified atom stereocenters. The third-order valence-electron chi connectivity index (χ3n) is 5.96. The average molecular weight is 965 g/mol. The van der Waals surface area contributed by atoms with Gasteiger partial charge in [0.15, 0.2) is 0 Å². The number of amides is 4. The summed E-state index contributed by atoms with van der Waals surface area (Å²) in [6.07, 6.45) is 0. The molecule has 4 rings (SSSR count). The molecule has 0 aliphatic rings. The van der Waals surface area contributed by atoms with Gasteiger partial charge in [0.1, 0.15) is 0 Å². The van der Waals surface area contributed by atoms with E-state index in [1.807, 2.05) is 76.2 Å². The molecular formula is C32H32Cl2Hf2N4O4. The topological polar surface area (TPSA) is 116 Å². The van der Waals surface area contributed by atoms with E-state index in [1.165, 1.54) is 0 Å². The second-order valence-corrected chi connectivity index (χ2v) is 14.9.